The fourth-order valence-corrected chi connectivity index (χ4v) is 7.41. The third-order valence-corrected chi connectivity index (χ3v) is 10.3. The highest BCUT2D eigenvalue weighted by Gasteiger charge is 2.27. The molecule has 0 bridgehead atoms. The van der Waals surface area contributed by atoms with Crippen molar-refractivity contribution in [1.82, 2.24) is 0 Å². The Morgan fingerprint density at radius 1 is 0.560 bits per heavy atom. The van der Waals surface area contributed by atoms with Crippen LogP contribution in [0.5, 0.6) is 0 Å². The number of hydrogen-bond acceptors (Lipinski definition) is 0. The highest BCUT2D eigenvalue weighted by molar-refractivity contribution is 7.82. The predicted molar refractivity (Wildman–Crippen MR) is 117 cm³/mol. The summed E-state index contributed by atoms with van der Waals surface area (Å²) in [6.07, 6.45) is 0. The van der Waals surface area contributed by atoms with Gasteiger partial charge in [-0.1, -0.05) is 114 Å². The maximum absolute atomic E-state index is 2.43. The Labute approximate surface area is 154 Å². The summed E-state index contributed by atoms with van der Waals surface area (Å²) in [5.74, 6) is 0. The smallest absolute Gasteiger partial charge is 0.00741 e. The summed E-state index contributed by atoms with van der Waals surface area (Å²) in [5, 5.41) is 6.21. The summed E-state index contributed by atoms with van der Waals surface area (Å²) in [6.45, 7) is 9.52. The van der Waals surface area contributed by atoms with Crippen molar-refractivity contribution in [3.8, 4) is 0 Å². The van der Waals surface area contributed by atoms with Gasteiger partial charge in [0.25, 0.3) is 0 Å². The second-order valence-corrected chi connectivity index (χ2v) is 12.4. The zero-order valence-electron chi connectivity index (χ0n) is 15.5. The molecule has 3 rings (SSSR count). The number of hydrogen-bond donors (Lipinski definition) is 0. The van der Waals surface area contributed by atoms with E-state index in [1.807, 2.05) is 0 Å². The minimum atomic E-state index is -0.530. The highest BCUT2D eigenvalue weighted by Crippen LogP contribution is 2.46. The molecule has 0 nitrogen and oxygen atoms in total. The van der Waals surface area contributed by atoms with Gasteiger partial charge >= 0.3 is 0 Å². The van der Waals surface area contributed by atoms with Gasteiger partial charge < -0.3 is 0 Å². The molecule has 0 aliphatic heterocycles. The van der Waals surface area contributed by atoms with E-state index in [0.717, 1.165) is 0 Å². The zero-order chi connectivity index (χ0) is 17.9. The Bertz CT molecular complexity index is 765. The molecule has 0 heterocycles. The lowest BCUT2D eigenvalue weighted by Crippen LogP contribution is -2.33. The summed E-state index contributed by atoms with van der Waals surface area (Å²) >= 11 is 0. The molecule has 2 heteroatoms. The number of rotatable bonds is 4. The molecule has 25 heavy (non-hydrogen) atoms. The summed E-state index contributed by atoms with van der Waals surface area (Å²) in [7, 11) is -0.765. The van der Waals surface area contributed by atoms with Crippen molar-refractivity contribution in [1.29, 1.82) is 0 Å². The van der Waals surface area contributed by atoms with Crippen molar-refractivity contribution in [3.05, 3.63) is 84.9 Å². The second kappa shape index (κ2) is 7.82. The van der Waals surface area contributed by atoms with Gasteiger partial charge in [-0.25, -0.2) is 0 Å². The molecule has 0 aliphatic rings. The first-order valence-corrected chi connectivity index (χ1v) is 11.8. The minimum absolute atomic E-state index is 0.234. The lowest BCUT2D eigenvalue weighted by atomic mass is 10.3. The van der Waals surface area contributed by atoms with Crippen LogP contribution in [0.15, 0.2) is 84.9 Å². The van der Waals surface area contributed by atoms with Gasteiger partial charge in [-0.15, -0.1) is 0 Å². The maximum atomic E-state index is 2.43. The van der Waals surface area contributed by atoms with Crippen molar-refractivity contribution < 1.29 is 0 Å². The standard InChI is InChI=1S/C23H26P2/c1-23(2,3)24(4)21-17-11-12-18-22(21)25(19-13-7-5-8-14-19)20-15-9-6-10-16-20/h5-18H,1-4H3. The lowest BCUT2D eigenvalue weighted by molar-refractivity contribution is 0.791. The summed E-state index contributed by atoms with van der Waals surface area (Å²) < 4.78 is 0. The minimum Gasteiger partial charge on any atom is -0.0723 e. The molecule has 3 aromatic carbocycles. The molecule has 0 radical (unpaired) electrons. The first kappa shape index (κ1) is 18.3. The molecule has 0 saturated carbocycles. The summed E-state index contributed by atoms with van der Waals surface area (Å²) in [5.41, 5.74) is 0. The van der Waals surface area contributed by atoms with Crippen LogP contribution in [0, 0.1) is 0 Å². The molecule has 0 saturated heterocycles. The fourth-order valence-electron chi connectivity index (χ4n) is 2.88. The van der Waals surface area contributed by atoms with E-state index >= 15 is 0 Å². The Balaban J connectivity index is 2.19. The largest absolute Gasteiger partial charge is 0.0723 e. The van der Waals surface area contributed by atoms with E-state index in [-0.39, 0.29) is 7.92 Å². The first-order valence-electron chi connectivity index (χ1n) is 8.71. The predicted octanol–water partition coefficient (Wildman–Crippen LogP) is 4.98. The van der Waals surface area contributed by atoms with E-state index < -0.39 is 7.92 Å². The van der Waals surface area contributed by atoms with Crippen molar-refractivity contribution in [2.75, 3.05) is 6.66 Å². The quantitative estimate of drug-likeness (QED) is 0.573. The maximum Gasteiger partial charge on any atom is -0.00741 e. The second-order valence-electron chi connectivity index (χ2n) is 7.23. The molecule has 0 N–H and O–H groups in total. The summed E-state index contributed by atoms with van der Waals surface area (Å²) in [6, 6.07) is 31.1. The van der Waals surface area contributed by atoms with E-state index in [0.29, 0.717) is 5.16 Å². The van der Waals surface area contributed by atoms with E-state index in [1.165, 1.54) is 15.9 Å². The third kappa shape index (κ3) is 4.20. The fraction of sp³-hybridized carbons (Fsp3) is 0.217. The molecule has 0 spiro atoms. The SMILES string of the molecule is CP(c1ccccc1P(c1ccccc1)c1ccccc1)C(C)(C)C. The third-order valence-electron chi connectivity index (χ3n) is 4.52. The van der Waals surface area contributed by atoms with Crippen LogP contribution in [0.2, 0.25) is 0 Å². The topological polar surface area (TPSA) is 0 Å². The van der Waals surface area contributed by atoms with Gasteiger partial charge in [0.1, 0.15) is 0 Å². The molecule has 0 fully saturated rings. The van der Waals surface area contributed by atoms with Gasteiger partial charge in [0, 0.05) is 0 Å². The molecular weight excluding hydrogens is 338 g/mol. The average molecular weight is 364 g/mol. The van der Waals surface area contributed by atoms with E-state index in [2.05, 4.69) is 112 Å². The van der Waals surface area contributed by atoms with Gasteiger partial charge in [-0.3, -0.25) is 0 Å². The molecule has 3 aromatic rings. The van der Waals surface area contributed by atoms with Crippen LogP contribution < -0.4 is 21.2 Å². The highest BCUT2D eigenvalue weighted by atomic mass is 31.1. The van der Waals surface area contributed by atoms with Gasteiger partial charge in [0.2, 0.25) is 0 Å². The van der Waals surface area contributed by atoms with Gasteiger partial charge in [0.05, 0.1) is 0 Å². The molecule has 0 amide bonds. The first-order chi connectivity index (χ1) is 12.0. The lowest BCUT2D eigenvalue weighted by Gasteiger charge is -2.32. The van der Waals surface area contributed by atoms with Crippen LogP contribution >= 0.6 is 15.8 Å². The van der Waals surface area contributed by atoms with Crippen LogP contribution in [0.4, 0.5) is 0 Å². The monoisotopic (exact) mass is 364 g/mol. The number of benzene rings is 3. The average Bonchev–Trinajstić information content (AvgIpc) is 2.63. The van der Waals surface area contributed by atoms with Gasteiger partial charge in [-0.05, 0) is 41.0 Å². The van der Waals surface area contributed by atoms with Crippen molar-refractivity contribution in [2.45, 2.75) is 25.9 Å². The van der Waals surface area contributed by atoms with Gasteiger partial charge in [0.15, 0.2) is 0 Å². The van der Waals surface area contributed by atoms with Crippen LogP contribution in [0.1, 0.15) is 20.8 Å². The van der Waals surface area contributed by atoms with E-state index in [4.69, 9.17) is 0 Å². The Kier molecular flexibility index (Phi) is 5.73. The van der Waals surface area contributed by atoms with Crippen molar-refractivity contribution in [3.63, 3.8) is 0 Å². The zero-order valence-corrected chi connectivity index (χ0v) is 17.3. The normalized spacial score (nSPS) is 13.0. The van der Waals surface area contributed by atoms with Crippen LogP contribution in [0.25, 0.3) is 0 Å². The van der Waals surface area contributed by atoms with Crippen LogP contribution in [0.3, 0.4) is 0 Å². The Morgan fingerprint density at radius 3 is 1.40 bits per heavy atom. The Hall–Kier alpha value is -1.48. The van der Waals surface area contributed by atoms with Crippen LogP contribution in [-0.4, -0.2) is 11.8 Å². The Morgan fingerprint density at radius 2 is 0.960 bits per heavy atom. The van der Waals surface area contributed by atoms with Gasteiger partial charge in [-0.2, -0.15) is 0 Å². The van der Waals surface area contributed by atoms with E-state index in [9.17, 15) is 0 Å². The molecule has 128 valence electrons. The molecule has 1 unspecified atom stereocenters. The molecule has 0 aromatic heterocycles. The van der Waals surface area contributed by atoms with Crippen molar-refractivity contribution >= 4 is 37.1 Å². The van der Waals surface area contributed by atoms with Crippen molar-refractivity contribution in [2.24, 2.45) is 0 Å². The van der Waals surface area contributed by atoms with Crippen LogP contribution in [-0.2, 0) is 0 Å². The summed E-state index contributed by atoms with van der Waals surface area (Å²) in [4.78, 5) is 0. The molecular formula is C23H26P2. The van der Waals surface area contributed by atoms with E-state index in [1.54, 1.807) is 5.30 Å². The molecule has 1 atom stereocenters. The molecule has 0 aliphatic carbocycles.